The highest BCUT2D eigenvalue weighted by molar-refractivity contribution is 5.75. The van der Waals surface area contributed by atoms with Crippen LogP contribution in [0.25, 0.3) is 0 Å². The Balaban J connectivity index is 2.03. The average molecular weight is 372 g/mol. The van der Waals surface area contributed by atoms with E-state index in [-0.39, 0.29) is 12.0 Å². The Labute approximate surface area is 163 Å². The van der Waals surface area contributed by atoms with Gasteiger partial charge in [-0.05, 0) is 56.0 Å². The molecular formula is C23H33NO3. The van der Waals surface area contributed by atoms with Gasteiger partial charge >= 0.3 is 0 Å². The fourth-order valence-corrected chi connectivity index (χ4v) is 3.28. The van der Waals surface area contributed by atoms with Crippen LogP contribution in [0, 0.1) is 5.92 Å². The van der Waals surface area contributed by atoms with Crippen LogP contribution < -0.4 is 4.74 Å². The molecule has 2 aromatic rings. The molecule has 4 heteroatoms. The second kappa shape index (κ2) is 10.2. The maximum Gasteiger partial charge on any atom is 0.222 e. The standard InChI is InChI=1S/C23H33NO3/c1-6-23(25)24(14-13-21(17(2)3)22-8-7-15-26-22)16-19-9-11-20(12-10-19)27-18(4)5/h7-12,15,17-18,21H,6,13-14,16H2,1-5H3. The summed E-state index contributed by atoms with van der Waals surface area (Å²) in [5, 5.41) is 0. The SMILES string of the molecule is CCC(=O)N(CCC(c1ccco1)C(C)C)Cc1ccc(OC(C)C)cc1. The predicted molar refractivity (Wildman–Crippen MR) is 109 cm³/mol. The number of amides is 1. The summed E-state index contributed by atoms with van der Waals surface area (Å²) in [6, 6.07) is 12.0. The van der Waals surface area contributed by atoms with Gasteiger partial charge in [-0.25, -0.2) is 0 Å². The fourth-order valence-electron chi connectivity index (χ4n) is 3.28. The number of carbonyl (C=O) groups is 1. The summed E-state index contributed by atoms with van der Waals surface area (Å²) in [6.07, 6.45) is 3.29. The van der Waals surface area contributed by atoms with Crippen molar-refractivity contribution in [3.8, 4) is 5.75 Å². The number of hydrogen-bond donors (Lipinski definition) is 0. The lowest BCUT2D eigenvalue weighted by atomic mass is 9.90. The molecule has 1 heterocycles. The molecule has 27 heavy (non-hydrogen) atoms. The van der Waals surface area contributed by atoms with Gasteiger partial charge in [-0.15, -0.1) is 0 Å². The lowest BCUT2D eigenvalue weighted by Crippen LogP contribution is -2.32. The zero-order valence-corrected chi connectivity index (χ0v) is 17.3. The number of benzene rings is 1. The van der Waals surface area contributed by atoms with E-state index in [0.29, 0.717) is 24.8 Å². The second-order valence-corrected chi connectivity index (χ2v) is 7.63. The first-order valence-corrected chi connectivity index (χ1v) is 9.97. The maximum absolute atomic E-state index is 12.5. The van der Waals surface area contributed by atoms with Gasteiger partial charge in [0, 0.05) is 25.4 Å². The quantitative estimate of drug-likeness (QED) is 0.543. The van der Waals surface area contributed by atoms with Crippen molar-refractivity contribution in [2.24, 2.45) is 5.92 Å². The Hall–Kier alpha value is -2.23. The zero-order valence-electron chi connectivity index (χ0n) is 17.3. The van der Waals surface area contributed by atoms with Gasteiger partial charge in [-0.2, -0.15) is 0 Å². The monoisotopic (exact) mass is 371 g/mol. The van der Waals surface area contributed by atoms with Crippen LogP contribution in [0.3, 0.4) is 0 Å². The van der Waals surface area contributed by atoms with Crippen molar-refractivity contribution in [1.29, 1.82) is 0 Å². The Morgan fingerprint density at radius 2 is 1.81 bits per heavy atom. The number of ether oxygens (including phenoxy) is 1. The van der Waals surface area contributed by atoms with E-state index in [1.807, 2.05) is 62.1 Å². The van der Waals surface area contributed by atoms with Gasteiger partial charge in [0.05, 0.1) is 12.4 Å². The minimum atomic E-state index is 0.156. The summed E-state index contributed by atoms with van der Waals surface area (Å²) in [5.41, 5.74) is 1.12. The van der Waals surface area contributed by atoms with E-state index in [0.717, 1.165) is 30.0 Å². The van der Waals surface area contributed by atoms with Gasteiger partial charge in [0.2, 0.25) is 5.91 Å². The van der Waals surface area contributed by atoms with E-state index in [2.05, 4.69) is 13.8 Å². The molecule has 0 aliphatic heterocycles. The molecule has 0 aliphatic carbocycles. The highest BCUT2D eigenvalue weighted by Gasteiger charge is 2.21. The van der Waals surface area contributed by atoms with Crippen molar-refractivity contribution < 1.29 is 13.9 Å². The molecule has 1 atom stereocenters. The number of furan rings is 1. The molecule has 0 aliphatic rings. The summed E-state index contributed by atoms with van der Waals surface area (Å²) in [5.74, 6) is 2.82. The number of hydrogen-bond acceptors (Lipinski definition) is 3. The summed E-state index contributed by atoms with van der Waals surface area (Å²) >= 11 is 0. The zero-order chi connectivity index (χ0) is 19.8. The molecule has 4 nitrogen and oxygen atoms in total. The Bertz CT molecular complexity index is 674. The van der Waals surface area contributed by atoms with E-state index in [9.17, 15) is 4.79 Å². The van der Waals surface area contributed by atoms with Crippen molar-refractivity contribution in [2.75, 3.05) is 6.54 Å². The van der Waals surface area contributed by atoms with E-state index >= 15 is 0 Å². The maximum atomic E-state index is 12.5. The van der Waals surface area contributed by atoms with Crippen LogP contribution in [0.15, 0.2) is 47.1 Å². The summed E-state index contributed by atoms with van der Waals surface area (Å²) in [4.78, 5) is 14.4. The third kappa shape index (κ3) is 6.46. The third-order valence-electron chi connectivity index (χ3n) is 4.75. The highest BCUT2D eigenvalue weighted by atomic mass is 16.5. The second-order valence-electron chi connectivity index (χ2n) is 7.63. The number of rotatable bonds is 10. The molecule has 0 radical (unpaired) electrons. The first kappa shape index (κ1) is 21.1. The molecule has 0 bridgehead atoms. The topological polar surface area (TPSA) is 42.7 Å². The van der Waals surface area contributed by atoms with Crippen molar-refractivity contribution >= 4 is 5.91 Å². The molecule has 1 aromatic carbocycles. The molecule has 2 rings (SSSR count). The van der Waals surface area contributed by atoms with Crippen LogP contribution in [0.1, 0.15) is 64.7 Å². The van der Waals surface area contributed by atoms with Gasteiger partial charge in [0.25, 0.3) is 0 Å². The highest BCUT2D eigenvalue weighted by Crippen LogP contribution is 2.29. The van der Waals surface area contributed by atoms with Crippen LogP contribution in [-0.4, -0.2) is 23.5 Å². The van der Waals surface area contributed by atoms with E-state index < -0.39 is 0 Å². The third-order valence-corrected chi connectivity index (χ3v) is 4.75. The molecule has 0 fully saturated rings. The average Bonchev–Trinajstić information content (AvgIpc) is 3.15. The Morgan fingerprint density at radius 1 is 1.11 bits per heavy atom. The van der Waals surface area contributed by atoms with Crippen LogP contribution in [-0.2, 0) is 11.3 Å². The van der Waals surface area contributed by atoms with Gasteiger partial charge in [-0.3, -0.25) is 4.79 Å². The van der Waals surface area contributed by atoms with Crippen LogP contribution in [0.2, 0.25) is 0 Å². The molecule has 1 unspecified atom stereocenters. The van der Waals surface area contributed by atoms with Crippen molar-refractivity contribution in [3.63, 3.8) is 0 Å². The van der Waals surface area contributed by atoms with Gasteiger partial charge < -0.3 is 14.1 Å². The minimum Gasteiger partial charge on any atom is -0.491 e. The van der Waals surface area contributed by atoms with Gasteiger partial charge in [0.15, 0.2) is 0 Å². The molecule has 0 saturated heterocycles. The van der Waals surface area contributed by atoms with Crippen molar-refractivity contribution in [1.82, 2.24) is 4.90 Å². The summed E-state index contributed by atoms with van der Waals surface area (Å²) in [7, 11) is 0. The first-order valence-electron chi connectivity index (χ1n) is 9.97. The van der Waals surface area contributed by atoms with Crippen LogP contribution >= 0.6 is 0 Å². The fraction of sp³-hybridized carbons (Fsp3) is 0.522. The largest absolute Gasteiger partial charge is 0.491 e. The lowest BCUT2D eigenvalue weighted by Gasteiger charge is -2.26. The Kier molecular flexibility index (Phi) is 7.96. The van der Waals surface area contributed by atoms with Gasteiger partial charge in [0.1, 0.15) is 11.5 Å². The molecule has 148 valence electrons. The smallest absolute Gasteiger partial charge is 0.222 e. The van der Waals surface area contributed by atoms with E-state index in [4.69, 9.17) is 9.15 Å². The van der Waals surface area contributed by atoms with Crippen LogP contribution in [0.5, 0.6) is 5.75 Å². The van der Waals surface area contributed by atoms with E-state index in [1.165, 1.54) is 0 Å². The molecular weight excluding hydrogens is 338 g/mol. The molecule has 0 spiro atoms. The number of carbonyl (C=O) groups excluding carboxylic acids is 1. The molecule has 0 saturated carbocycles. The molecule has 1 amide bonds. The van der Waals surface area contributed by atoms with Crippen molar-refractivity contribution in [3.05, 3.63) is 54.0 Å². The Morgan fingerprint density at radius 3 is 2.33 bits per heavy atom. The van der Waals surface area contributed by atoms with E-state index in [1.54, 1.807) is 6.26 Å². The molecule has 1 aromatic heterocycles. The predicted octanol–water partition coefficient (Wildman–Crippen LogP) is 5.64. The lowest BCUT2D eigenvalue weighted by molar-refractivity contribution is -0.131. The van der Waals surface area contributed by atoms with Gasteiger partial charge in [-0.1, -0.05) is 32.9 Å². The number of nitrogens with zero attached hydrogens (tertiary/aromatic N) is 1. The normalized spacial score (nSPS) is 12.4. The summed E-state index contributed by atoms with van der Waals surface area (Å²) < 4.78 is 11.3. The first-order chi connectivity index (χ1) is 12.9. The minimum absolute atomic E-state index is 0.156. The molecule has 0 N–H and O–H groups in total. The van der Waals surface area contributed by atoms with Crippen molar-refractivity contribution in [2.45, 2.75) is 66.0 Å². The van der Waals surface area contributed by atoms with Crippen LogP contribution in [0.4, 0.5) is 0 Å². The summed E-state index contributed by atoms with van der Waals surface area (Å²) in [6.45, 7) is 11.7.